The maximum absolute atomic E-state index is 12.3. The van der Waals surface area contributed by atoms with E-state index in [1.807, 2.05) is 0 Å². The number of hydrogen-bond acceptors (Lipinski definition) is 3. The van der Waals surface area contributed by atoms with Crippen LogP contribution >= 0.6 is 11.6 Å². The minimum Gasteiger partial charge on any atom is -0.480 e. The Morgan fingerprint density at radius 2 is 1.95 bits per heavy atom. The average Bonchev–Trinajstić information content (AvgIpc) is 2.47. The number of carboxylic acids is 1. The summed E-state index contributed by atoms with van der Waals surface area (Å²) in [5, 5.41) is 10.3. The van der Waals surface area contributed by atoms with Crippen molar-refractivity contribution in [1.82, 2.24) is 0 Å². The van der Waals surface area contributed by atoms with Gasteiger partial charge in [0.1, 0.15) is 0 Å². The Labute approximate surface area is 129 Å². The minimum atomic E-state index is -1.50. The van der Waals surface area contributed by atoms with Crippen molar-refractivity contribution in [3.8, 4) is 0 Å². The van der Waals surface area contributed by atoms with Crippen LogP contribution in [0.25, 0.3) is 0 Å². The van der Waals surface area contributed by atoms with E-state index in [4.69, 9.17) is 16.3 Å². The van der Waals surface area contributed by atoms with Crippen molar-refractivity contribution in [3.05, 3.63) is 34.9 Å². The fourth-order valence-electron chi connectivity index (χ4n) is 3.26. The van der Waals surface area contributed by atoms with Crippen molar-refractivity contribution in [2.75, 3.05) is 7.11 Å². The van der Waals surface area contributed by atoms with E-state index in [1.54, 1.807) is 24.3 Å². The number of carbonyl (C=O) groups excluding carboxylic acids is 1. The third-order valence-electron chi connectivity index (χ3n) is 4.47. The summed E-state index contributed by atoms with van der Waals surface area (Å²) in [6.07, 6.45) is 1.64. The number of halogens is 1. The van der Waals surface area contributed by atoms with Crippen molar-refractivity contribution in [2.24, 2.45) is 11.3 Å². The predicted octanol–water partition coefficient (Wildman–Crippen LogP) is 3.49. The van der Waals surface area contributed by atoms with Crippen LogP contribution in [0.4, 0.5) is 0 Å². The van der Waals surface area contributed by atoms with Crippen molar-refractivity contribution in [2.45, 2.75) is 32.1 Å². The first-order valence-electron chi connectivity index (χ1n) is 6.99. The quantitative estimate of drug-likeness (QED) is 0.685. The third kappa shape index (κ3) is 2.77. The topological polar surface area (TPSA) is 63.6 Å². The molecular weight excluding hydrogens is 292 g/mol. The maximum Gasteiger partial charge on any atom is 0.323 e. The molecule has 1 N–H and O–H groups in total. The molecule has 0 radical (unpaired) electrons. The van der Waals surface area contributed by atoms with Gasteiger partial charge in [-0.15, -0.1) is 0 Å². The van der Waals surface area contributed by atoms with E-state index in [1.165, 1.54) is 7.11 Å². The number of hydrogen-bond donors (Lipinski definition) is 1. The van der Waals surface area contributed by atoms with Gasteiger partial charge in [-0.05, 0) is 42.9 Å². The number of carboxylic acid groups (broad SMARTS) is 1. The molecule has 0 aliphatic heterocycles. The SMILES string of the molecule is COC(=O)C1(C(=O)O)CCC(C)CC1c1ccc(Cl)cc1. The minimum absolute atomic E-state index is 0.295. The molecule has 114 valence electrons. The van der Waals surface area contributed by atoms with Gasteiger partial charge in [-0.2, -0.15) is 0 Å². The second-order valence-electron chi connectivity index (χ2n) is 5.75. The van der Waals surface area contributed by atoms with Gasteiger partial charge in [0.25, 0.3) is 0 Å². The molecule has 0 aromatic heterocycles. The van der Waals surface area contributed by atoms with Crippen molar-refractivity contribution >= 4 is 23.5 Å². The molecule has 0 heterocycles. The number of ether oxygens (including phenoxy) is 1. The summed E-state index contributed by atoms with van der Waals surface area (Å²) in [7, 11) is 1.24. The Hall–Kier alpha value is -1.55. The van der Waals surface area contributed by atoms with Gasteiger partial charge in [0.05, 0.1) is 7.11 Å². The lowest BCUT2D eigenvalue weighted by molar-refractivity contribution is -0.172. The van der Waals surface area contributed by atoms with Crippen LogP contribution in [0.3, 0.4) is 0 Å². The van der Waals surface area contributed by atoms with Crippen molar-refractivity contribution in [1.29, 1.82) is 0 Å². The van der Waals surface area contributed by atoms with Crippen LogP contribution in [-0.4, -0.2) is 24.2 Å². The fraction of sp³-hybridized carbons (Fsp3) is 0.500. The normalized spacial score (nSPS) is 28.9. The zero-order chi connectivity index (χ0) is 15.6. The number of benzene rings is 1. The molecule has 1 aliphatic carbocycles. The second kappa shape index (κ2) is 6.06. The van der Waals surface area contributed by atoms with Crippen LogP contribution in [0.15, 0.2) is 24.3 Å². The zero-order valence-electron chi connectivity index (χ0n) is 12.1. The van der Waals surface area contributed by atoms with E-state index < -0.39 is 23.3 Å². The number of rotatable bonds is 3. The predicted molar refractivity (Wildman–Crippen MR) is 79.3 cm³/mol. The highest BCUT2D eigenvalue weighted by molar-refractivity contribution is 6.30. The summed E-state index contributed by atoms with van der Waals surface area (Å²) >= 11 is 5.89. The smallest absolute Gasteiger partial charge is 0.323 e. The molecule has 1 aromatic carbocycles. The molecule has 0 bridgehead atoms. The van der Waals surface area contributed by atoms with Crippen LogP contribution in [0.2, 0.25) is 5.02 Å². The molecule has 2 rings (SSSR count). The second-order valence-corrected chi connectivity index (χ2v) is 6.19. The van der Waals surface area contributed by atoms with Crippen molar-refractivity contribution < 1.29 is 19.4 Å². The van der Waals surface area contributed by atoms with Gasteiger partial charge in [-0.1, -0.05) is 30.7 Å². The standard InChI is InChI=1S/C16H19ClO4/c1-10-7-8-16(14(18)19,15(20)21-2)13(9-10)11-3-5-12(17)6-4-11/h3-6,10,13H,7-9H2,1-2H3,(H,18,19). The van der Waals surface area contributed by atoms with E-state index in [0.29, 0.717) is 30.2 Å². The molecular formula is C16H19ClO4. The molecule has 0 saturated heterocycles. The molecule has 1 aliphatic rings. The molecule has 5 heteroatoms. The molecule has 1 saturated carbocycles. The number of methoxy groups -OCH3 is 1. The van der Waals surface area contributed by atoms with E-state index in [9.17, 15) is 14.7 Å². The van der Waals surface area contributed by atoms with Gasteiger partial charge in [-0.25, -0.2) is 0 Å². The first-order chi connectivity index (χ1) is 9.91. The van der Waals surface area contributed by atoms with Crippen LogP contribution in [-0.2, 0) is 14.3 Å². The lowest BCUT2D eigenvalue weighted by Crippen LogP contribution is -2.48. The molecule has 3 atom stereocenters. The highest BCUT2D eigenvalue weighted by Gasteiger charge is 2.56. The lowest BCUT2D eigenvalue weighted by Gasteiger charge is -2.41. The Kier molecular flexibility index (Phi) is 4.57. The van der Waals surface area contributed by atoms with Gasteiger partial charge in [0, 0.05) is 10.9 Å². The average molecular weight is 311 g/mol. The molecule has 3 unspecified atom stereocenters. The number of carbonyl (C=O) groups is 2. The van der Waals surface area contributed by atoms with Gasteiger partial charge in [-0.3, -0.25) is 9.59 Å². The number of aliphatic carboxylic acids is 1. The molecule has 4 nitrogen and oxygen atoms in total. The fourth-order valence-corrected chi connectivity index (χ4v) is 3.38. The number of esters is 1. The maximum atomic E-state index is 12.3. The lowest BCUT2D eigenvalue weighted by atomic mass is 9.61. The first-order valence-corrected chi connectivity index (χ1v) is 7.37. The molecule has 21 heavy (non-hydrogen) atoms. The monoisotopic (exact) mass is 310 g/mol. The van der Waals surface area contributed by atoms with Crippen LogP contribution < -0.4 is 0 Å². The summed E-state index contributed by atoms with van der Waals surface area (Å²) in [6.45, 7) is 2.08. The van der Waals surface area contributed by atoms with Crippen molar-refractivity contribution in [3.63, 3.8) is 0 Å². The van der Waals surface area contributed by atoms with Crippen LogP contribution in [0.5, 0.6) is 0 Å². The molecule has 1 aromatic rings. The molecule has 0 amide bonds. The van der Waals surface area contributed by atoms with Gasteiger partial charge in [0.2, 0.25) is 0 Å². The molecule has 0 spiro atoms. The van der Waals surface area contributed by atoms with E-state index in [0.717, 1.165) is 5.56 Å². The first kappa shape index (κ1) is 15.8. The third-order valence-corrected chi connectivity index (χ3v) is 4.72. The van der Waals surface area contributed by atoms with Gasteiger partial charge >= 0.3 is 11.9 Å². The highest BCUT2D eigenvalue weighted by Crippen LogP contribution is 2.50. The van der Waals surface area contributed by atoms with E-state index >= 15 is 0 Å². The Morgan fingerprint density at radius 1 is 1.33 bits per heavy atom. The van der Waals surface area contributed by atoms with Gasteiger partial charge in [0.15, 0.2) is 5.41 Å². The van der Waals surface area contributed by atoms with Crippen LogP contribution in [0.1, 0.15) is 37.7 Å². The largest absolute Gasteiger partial charge is 0.480 e. The Balaban J connectivity index is 2.51. The summed E-state index contributed by atoms with van der Waals surface area (Å²) < 4.78 is 4.82. The van der Waals surface area contributed by atoms with Gasteiger partial charge < -0.3 is 9.84 Å². The van der Waals surface area contributed by atoms with E-state index in [2.05, 4.69) is 6.92 Å². The van der Waals surface area contributed by atoms with E-state index in [-0.39, 0.29) is 0 Å². The summed E-state index contributed by atoms with van der Waals surface area (Å²) in [5.74, 6) is -1.81. The Morgan fingerprint density at radius 3 is 2.48 bits per heavy atom. The van der Waals surface area contributed by atoms with Crippen LogP contribution in [0, 0.1) is 11.3 Å². The summed E-state index contributed by atoms with van der Waals surface area (Å²) in [5.41, 5.74) is -0.687. The Bertz CT molecular complexity index is 540. The molecule has 1 fully saturated rings. The highest BCUT2D eigenvalue weighted by atomic mass is 35.5. The zero-order valence-corrected chi connectivity index (χ0v) is 12.9. The summed E-state index contributed by atoms with van der Waals surface area (Å²) in [6, 6.07) is 7.04. The summed E-state index contributed by atoms with van der Waals surface area (Å²) in [4.78, 5) is 24.2.